The molecule has 1 aromatic rings. The number of nitrogens with zero attached hydrogens (tertiary/aromatic N) is 1. The number of halogens is 3. The van der Waals surface area contributed by atoms with Gasteiger partial charge in [-0.25, -0.2) is 0 Å². The van der Waals surface area contributed by atoms with Gasteiger partial charge >= 0.3 is 6.18 Å². The number of rotatable bonds is 5. The maximum atomic E-state index is 12.8. The Balaban J connectivity index is 3.03. The molecule has 0 radical (unpaired) electrons. The lowest BCUT2D eigenvalue weighted by Crippen LogP contribution is -2.40. The highest BCUT2D eigenvalue weighted by molar-refractivity contribution is 5.54. The van der Waals surface area contributed by atoms with E-state index in [4.69, 9.17) is 0 Å². The van der Waals surface area contributed by atoms with E-state index in [0.29, 0.717) is 12.2 Å². The van der Waals surface area contributed by atoms with Crippen LogP contribution in [0.15, 0.2) is 24.3 Å². The molecule has 21 heavy (non-hydrogen) atoms. The molecule has 1 rings (SSSR count). The van der Waals surface area contributed by atoms with Gasteiger partial charge in [0.2, 0.25) is 0 Å². The lowest BCUT2D eigenvalue weighted by Gasteiger charge is -2.32. The molecule has 5 heteroatoms. The van der Waals surface area contributed by atoms with Crippen LogP contribution < -0.4 is 10.2 Å². The summed E-state index contributed by atoms with van der Waals surface area (Å²) in [4.78, 5) is 1.40. The molecule has 0 aromatic heterocycles. The molecule has 0 saturated heterocycles. The van der Waals surface area contributed by atoms with Gasteiger partial charge in [-0.05, 0) is 46.2 Å². The molecule has 0 fully saturated rings. The van der Waals surface area contributed by atoms with E-state index in [1.54, 1.807) is 26.0 Å². The zero-order valence-corrected chi connectivity index (χ0v) is 13.4. The van der Waals surface area contributed by atoms with Gasteiger partial charge in [-0.1, -0.05) is 18.2 Å². The first-order chi connectivity index (χ1) is 9.49. The normalized spacial score (nSPS) is 12.8. The van der Waals surface area contributed by atoms with Crippen molar-refractivity contribution in [3.05, 3.63) is 29.8 Å². The molecule has 0 atom stereocenters. The molecule has 1 N–H and O–H groups in total. The Labute approximate surface area is 125 Å². The molecule has 120 valence electrons. The van der Waals surface area contributed by atoms with Crippen LogP contribution >= 0.6 is 0 Å². The topological polar surface area (TPSA) is 15.3 Å². The molecule has 2 nitrogen and oxygen atoms in total. The molecular formula is C16H25F3N2. The summed E-state index contributed by atoms with van der Waals surface area (Å²) in [6, 6.07) is 7.05. The number of benzene rings is 1. The van der Waals surface area contributed by atoms with Gasteiger partial charge in [0.1, 0.15) is 6.54 Å². The summed E-state index contributed by atoms with van der Waals surface area (Å²) in [6.45, 7) is 9.26. The third kappa shape index (κ3) is 6.38. The second-order valence-electron chi connectivity index (χ2n) is 6.57. The average molecular weight is 302 g/mol. The third-order valence-electron chi connectivity index (χ3n) is 3.08. The smallest absolute Gasteiger partial charge is 0.360 e. The van der Waals surface area contributed by atoms with E-state index >= 15 is 0 Å². The summed E-state index contributed by atoms with van der Waals surface area (Å²) >= 11 is 0. The molecule has 0 unspecified atom stereocenters. The fourth-order valence-corrected chi connectivity index (χ4v) is 2.04. The highest BCUT2D eigenvalue weighted by Crippen LogP contribution is 2.27. The summed E-state index contributed by atoms with van der Waals surface area (Å²) in [5.74, 6) is 0. The number of para-hydroxylation sites is 1. The maximum Gasteiger partial charge on any atom is 0.405 e. The van der Waals surface area contributed by atoms with E-state index in [1.165, 1.54) is 4.90 Å². The minimum Gasteiger partial charge on any atom is -0.360 e. The largest absolute Gasteiger partial charge is 0.405 e. The lowest BCUT2D eigenvalue weighted by atomic mass is 10.1. The van der Waals surface area contributed by atoms with Gasteiger partial charge in [0, 0.05) is 23.8 Å². The van der Waals surface area contributed by atoms with Crippen molar-refractivity contribution in [3.8, 4) is 0 Å². The van der Waals surface area contributed by atoms with Crippen LogP contribution in [0.3, 0.4) is 0 Å². The Bertz CT molecular complexity index is 448. The molecule has 0 aliphatic rings. The van der Waals surface area contributed by atoms with Crippen molar-refractivity contribution in [3.63, 3.8) is 0 Å². The molecule has 0 saturated carbocycles. The van der Waals surface area contributed by atoms with Crippen molar-refractivity contribution in [1.82, 2.24) is 5.32 Å². The minimum absolute atomic E-state index is 0.0835. The van der Waals surface area contributed by atoms with Crippen LogP contribution in [-0.4, -0.2) is 24.3 Å². The number of nitrogens with one attached hydrogen (secondary N) is 1. The van der Waals surface area contributed by atoms with Crippen LogP contribution in [-0.2, 0) is 6.54 Å². The zero-order chi connectivity index (χ0) is 16.3. The zero-order valence-electron chi connectivity index (χ0n) is 13.4. The fraction of sp³-hybridized carbons (Fsp3) is 0.625. The van der Waals surface area contributed by atoms with Gasteiger partial charge in [0.05, 0.1) is 0 Å². The van der Waals surface area contributed by atoms with E-state index in [1.807, 2.05) is 32.9 Å². The summed E-state index contributed by atoms with van der Waals surface area (Å²) in [5, 5.41) is 3.33. The minimum atomic E-state index is -4.21. The van der Waals surface area contributed by atoms with Crippen molar-refractivity contribution in [2.45, 2.75) is 58.9 Å². The van der Waals surface area contributed by atoms with Crippen molar-refractivity contribution < 1.29 is 13.2 Å². The van der Waals surface area contributed by atoms with Gasteiger partial charge in [0.15, 0.2) is 0 Å². The Morgan fingerprint density at radius 1 is 1.10 bits per heavy atom. The summed E-state index contributed by atoms with van der Waals surface area (Å²) in [6.07, 6.45) is -4.21. The second kappa shape index (κ2) is 6.69. The number of hydrogen-bond donors (Lipinski definition) is 1. The van der Waals surface area contributed by atoms with Crippen molar-refractivity contribution in [2.24, 2.45) is 0 Å². The first kappa shape index (κ1) is 17.8. The van der Waals surface area contributed by atoms with Crippen molar-refractivity contribution >= 4 is 5.69 Å². The Kier molecular flexibility index (Phi) is 5.68. The van der Waals surface area contributed by atoms with Crippen LogP contribution in [0, 0.1) is 0 Å². The molecule has 0 heterocycles. The van der Waals surface area contributed by atoms with Gasteiger partial charge in [-0.3, -0.25) is 0 Å². The molecule has 0 spiro atoms. The van der Waals surface area contributed by atoms with Crippen LogP contribution in [0.1, 0.15) is 40.2 Å². The van der Waals surface area contributed by atoms with E-state index in [-0.39, 0.29) is 11.6 Å². The van der Waals surface area contributed by atoms with Gasteiger partial charge < -0.3 is 10.2 Å². The molecule has 0 aliphatic carbocycles. The molecule has 0 aliphatic heterocycles. The maximum absolute atomic E-state index is 12.8. The van der Waals surface area contributed by atoms with E-state index in [2.05, 4.69) is 5.32 Å². The molecule has 1 aromatic carbocycles. The van der Waals surface area contributed by atoms with Gasteiger partial charge in [0.25, 0.3) is 0 Å². The standard InChI is InChI=1S/C16H25F3N2/c1-12(2)21(11-16(17,18)19)14-9-7-6-8-13(14)10-20-15(3,4)5/h6-9,12,20H,10-11H2,1-5H3. The summed E-state index contributed by atoms with van der Waals surface area (Å²) < 4.78 is 38.4. The van der Waals surface area contributed by atoms with Crippen LogP contribution in [0.5, 0.6) is 0 Å². The number of anilines is 1. The summed E-state index contributed by atoms with van der Waals surface area (Å²) in [5.41, 5.74) is 1.44. The quantitative estimate of drug-likeness (QED) is 0.870. The van der Waals surface area contributed by atoms with Crippen LogP contribution in [0.4, 0.5) is 18.9 Å². The highest BCUT2D eigenvalue weighted by atomic mass is 19.4. The van der Waals surface area contributed by atoms with E-state index < -0.39 is 12.7 Å². The second-order valence-corrected chi connectivity index (χ2v) is 6.57. The van der Waals surface area contributed by atoms with Gasteiger partial charge in [-0.2, -0.15) is 13.2 Å². The van der Waals surface area contributed by atoms with Crippen molar-refractivity contribution in [2.75, 3.05) is 11.4 Å². The Hall–Kier alpha value is -1.23. The van der Waals surface area contributed by atoms with Crippen LogP contribution in [0.25, 0.3) is 0 Å². The highest BCUT2D eigenvalue weighted by Gasteiger charge is 2.32. The first-order valence-corrected chi connectivity index (χ1v) is 7.16. The lowest BCUT2D eigenvalue weighted by molar-refractivity contribution is -0.120. The molecule has 0 amide bonds. The van der Waals surface area contributed by atoms with Crippen LogP contribution in [0.2, 0.25) is 0 Å². The summed E-state index contributed by atoms with van der Waals surface area (Å²) in [7, 11) is 0. The monoisotopic (exact) mass is 302 g/mol. The molecule has 0 bridgehead atoms. The Morgan fingerprint density at radius 2 is 1.67 bits per heavy atom. The van der Waals surface area contributed by atoms with Crippen molar-refractivity contribution in [1.29, 1.82) is 0 Å². The van der Waals surface area contributed by atoms with E-state index in [0.717, 1.165) is 5.56 Å². The average Bonchev–Trinajstić information content (AvgIpc) is 2.32. The Morgan fingerprint density at radius 3 is 2.14 bits per heavy atom. The number of hydrogen-bond acceptors (Lipinski definition) is 2. The first-order valence-electron chi connectivity index (χ1n) is 7.16. The fourth-order valence-electron chi connectivity index (χ4n) is 2.04. The molecular weight excluding hydrogens is 277 g/mol. The SMILES string of the molecule is CC(C)N(CC(F)(F)F)c1ccccc1CNC(C)(C)C. The predicted molar refractivity (Wildman–Crippen MR) is 81.6 cm³/mol. The van der Waals surface area contributed by atoms with Gasteiger partial charge in [-0.15, -0.1) is 0 Å². The number of alkyl halides is 3. The van der Waals surface area contributed by atoms with E-state index in [9.17, 15) is 13.2 Å². The predicted octanol–water partition coefficient (Wildman–Crippen LogP) is 4.35. The third-order valence-corrected chi connectivity index (χ3v) is 3.08.